The molecule has 0 bridgehead atoms. The van der Waals surface area contributed by atoms with E-state index in [9.17, 15) is 4.79 Å². The normalized spacial score (nSPS) is 22.9. The van der Waals surface area contributed by atoms with E-state index in [1.54, 1.807) is 14.2 Å². The summed E-state index contributed by atoms with van der Waals surface area (Å²) < 4.78 is 13.0. The average Bonchev–Trinajstić information content (AvgIpc) is 2.99. The predicted octanol–water partition coefficient (Wildman–Crippen LogP) is 1.65. The molecule has 0 aliphatic carbocycles. The van der Waals surface area contributed by atoms with Crippen molar-refractivity contribution in [1.29, 1.82) is 0 Å². The lowest BCUT2D eigenvalue weighted by Gasteiger charge is -2.14. The minimum atomic E-state index is 0.0471. The van der Waals surface area contributed by atoms with E-state index >= 15 is 0 Å². The number of methoxy groups -OCH3 is 2. The Labute approximate surface area is 126 Å². The van der Waals surface area contributed by atoms with Crippen LogP contribution in [0.25, 0.3) is 0 Å². The van der Waals surface area contributed by atoms with Crippen molar-refractivity contribution in [1.82, 2.24) is 9.47 Å². The zero-order chi connectivity index (χ0) is 15.6. The molecule has 0 spiro atoms. The SMILES string of the molecule is CCn1c(C)cc(C(=O)CN2CC(OC)C(OC)C2)c1C. The quantitative estimate of drug-likeness (QED) is 0.748. The van der Waals surface area contributed by atoms with Crippen LogP contribution in [0.15, 0.2) is 6.07 Å². The Hall–Kier alpha value is -1.17. The Morgan fingerprint density at radius 3 is 2.24 bits per heavy atom. The van der Waals surface area contributed by atoms with E-state index in [-0.39, 0.29) is 18.0 Å². The number of ether oxygens (including phenoxy) is 2. The van der Waals surface area contributed by atoms with Gasteiger partial charge in [0.1, 0.15) is 0 Å². The van der Waals surface area contributed by atoms with Gasteiger partial charge in [-0.3, -0.25) is 9.69 Å². The molecule has 1 aromatic heterocycles. The van der Waals surface area contributed by atoms with Crippen LogP contribution in [0, 0.1) is 13.8 Å². The van der Waals surface area contributed by atoms with E-state index in [0.29, 0.717) is 6.54 Å². The Morgan fingerprint density at radius 2 is 1.81 bits per heavy atom. The Balaban J connectivity index is 2.06. The molecule has 1 aliphatic rings. The van der Waals surface area contributed by atoms with Crippen LogP contribution in [0.4, 0.5) is 0 Å². The first-order valence-electron chi connectivity index (χ1n) is 7.49. The van der Waals surface area contributed by atoms with E-state index in [1.165, 1.54) is 0 Å². The predicted molar refractivity (Wildman–Crippen MR) is 81.9 cm³/mol. The van der Waals surface area contributed by atoms with Gasteiger partial charge in [-0.15, -0.1) is 0 Å². The number of hydrogen-bond acceptors (Lipinski definition) is 4. The van der Waals surface area contributed by atoms with Crippen LogP contribution < -0.4 is 0 Å². The maximum Gasteiger partial charge on any atom is 0.178 e. The molecule has 0 N–H and O–H groups in total. The second-order valence-corrected chi connectivity index (χ2v) is 5.69. The second-order valence-electron chi connectivity index (χ2n) is 5.69. The van der Waals surface area contributed by atoms with Crippen LogP contribution >= 0.6 is 0 Å². The fourth-order valence-electron chi connectivity index (χ4n) is 3.26. The topological polar surface area (TPSA) is 43.7 Å². The highest BCUT2D eigenvalue weighted by Crippen LogP contribution is 2.19. The van der Waals surface area contributed by atoms with Crippen molar-refractivity contribution in [2.45, 2.75) is 39.5 Å². The number of Topliss-reactive ketones (excluding diaryl/α,β-unsaturated/α-hetero) is 1. The van der Waals surface area contributed by atoms with Crippen LogP contribution in [0.1, 0.15) is 28.7 Å². The van der Waals surface area contributed by atoms with Crippen molar-refractivity contribution in [2.24, 2.45) is 0 Å². The summed E-state index contributed by atoms with van der Waals surface area (Å²) >= 11 is 0. The molecular weight excluding hydrogens is 268 g/mol. The zero-order valence-electron chi connectivity index (χ0n) is 13.7. The number of rotatable bonds is 6. The first kappa shape index (κ1) is 16.2. The zero-order valence-corrected chi connectivity index (χ0v) is 13.7. The molecule has 2 unspecified atom stereocenters. The molecule has 118 valence electrons. The van der Waals surface area contributed by atoms with Gasteiger partial charge >= 0.3 is 0 Å². The smallest absolute Gasteiger partial charge is 0.178 e. The third kappa shape index (κ3) is 3.20. The van der Waals surface area contributed by atoms with Gasteiger partial charge in [0, 0.05) is 50.8 Å². The summed E-state index contributed by atoms with van der Waals surface area (Å²) in [6, 6.07) is 2.00. The molecule has 5 heteroatoms. The molecule has 1 saturated heterocycles. The van der Waals surface area contributed by atoms with Gasteiger partial charge in [-0.2, -0.15) is 0 Å². The minimum absolute atomic E-state index is 0.0471. The molecule has 1 aromatic rings. The number of likely N-dealkylation sites (tertiary alicyclic amines) is 1. The van der Waals surface area contributed by atoms with Crippen molar-refractivity contribution in [3.8, 4) is 0 Å². The standard InChI is InChI=1S/C16H26N2O3/c1-6-18-11(2)7-13(12(18)3)14(19)8-17-9-15(20-4)16(10-17)21-5/h7,15-16H,6,8-10H2,1-5H3. The highest BCUT2D eigenvalue weighted by atomic mass is 16.5. The number of nitrogens with zero attached hydrogens (tertiary/aromatic N) is 2. The first-order valence-corrected chi connectivity index (χ1v) is 7.49. The first-order chi connectivity index (χ1) is 10.0. The molecule has 21 heavy (non-hydrogen) atoms. The van der Waals surface area contributed by atoms with Crippen molar-refractivity contribution in [3.63, 3.8) is 0 Å². The Morgan fingerprint density at radius 1 is 1.24 bits per heavy atom. The summed E-state index contributed by atoms with van der Waals surface area (Å²) in [5, 5.41) is 0. The fraction of sp³-hybridized carbons (Fsp3) is 0.688. The number of carbonyl (C=O) groups excluding carboxylic acids is 1. The maximum absolute atomic E-state index is 12.6. The van der Waals surface area contributed by atoms with Gasteiger partial charge in [0.05, 0.1) is 18.8 Å². The summed E-state index contributed by atoms with van der Waals surface area (Å²) in [6.07, 6.45) is 0.0942. The summed E-state index contributed by atoms with van der Waals surface area (Å²) in [7, 11) is 3.38. The van der Waals surface area contributed by atoms with Crippen LogP contribution in [0.3, 0.4) is 0 Å². The molecule has 2 rings (SSSR count). The van der Waals surface area contributed by atoms with Gasteiger partial charge in [-0.1, -0.05) is 0 Å². The fourth-order valence-corrected chi connectivity index (χ4v) is 3.26. The lowest BCUT2D eigenvalue weighted by Crippen LogP contribution is -2.29. The summed E-state index contributed by atoms with van der Waals surface area (Å²) in [4.78, 5) is 14.7. The molecule has 1 aliphatic heterocycles. The molecule has 0 saturated carbocycles. The highest BCUT2D eigenvalue weighted by Gasteiger charge is 2.34. The number of hydrogen-bond donors (Lipinski definition) is 0. The molecule has 0 aromatic carbocycles. The minimum Gasteiger partial charge on any atom is -0.377 e. The van der Waals surface area contributed by atoms with E-state index in [2.05, 4.69) is 16.4 Å². The van der Waals surface area contributed by atoms with Crippen molar-refractivity contribution < 1.29 is 14.3 Å². The molecule has 0 amide bonds. The maximum atomic E-state index is 12.6. The van der Waals surface area contributed by atoms with Gasteiger partial charge in [0.25, 0.3) is 0 Å². The van der Waals surface area contributed by atoms with Gasteiger partial charge in [0.2, 0.25) is 0 Å². The monoisotopic (exact) mass is 294 g/mol. The van der Waals surface area contributed by atoms with Gasteiger partial charge in [-0.25, -0.2) is 0 Å². The summed E-state index contributed by atoms with van der Waals surface area (Å²) in [5.41, 5.74) is 3.04. The van der Waals surface area contributed by atoms with Crippen molar-refractivity contribution in [2.75, 3.05) is 33.9 Å². The lowest BCUT2D eigenvalue weighted by atomic mass is 10.1. The summed E-state index contributed by atoms with van der Waals surface area (Å²) in [6.45, 7) is 8.97. The van der Waals surface area contributed by atoms with E-state index in [0.717, 1.165) is 36.6 Å². The molecular formula is C16H26N2O3. The van der Waals surface area contributed by atoms with Crippen molar-refractivity contribution >= 4 is 5.78 Å². The van der Waals surface area contributed by atoms with Crippen LogP contribution in [-0.4, -0.2) is 61.3 Å². The number of ketones is 1. The van der Waals surface area contributed by atoms with Gasteiger partial charge in [0.15, 0.2) is 5.78 Å². The number of carbonyl (C=O) groups is 1. The summed E-state index contributed by atoms with van der Waals surface area (Å²) in [5.74, 6) is 0.175. The van der Waals surface area contributed by atoms with Crippen LogP contribution in [-0.2, 0) is 16.0 Å². The van der Waals surface area contributed by atoms with Crippen LogP contribution in [0.5, 0.6) is 0 Å². The molecule has 1 fully saturated rings. The van der Waals surface area contributed by atoms with E-state index in [1.807, 2.05) is 19.9 Å². The van der Waals surface area contributed by atoms with Crippen LogP contribution in [0.2, 0.25) is 0 Å². The Bertz CT molecular complexity index is 498. The molecule has 2 atom stereocenters. The molecule has 5 nitrogen and oxygen atoms in total. The number of aryl methyl sites for hydroxylation is 1. The molecule has 2 heterocycles. The second kappa shape index (κ2) is 6.73. The van der Waals surface area contributed by atoms with Gasteiger partial charge < -0.3 is 14.0 Å². The van der Waals surface area contributed by atoms with E-state index < -0.39 is 0 Å². The van der Waals surface area contributed by atoms with E-state index in [4.69, 9.17) is 9.47 Å². The van der Waals surface area contributed by atoms with Gasteiger partial charge in [-0.05, 0) is 26.8 Å². The third-order valence-corrected chi connectivity index (χ3v) is 4.45. The largest absolute Gasteiger partial charge is 0.377 e. The number of aromatic nitrogens is 1. The third-order valence-electron chi connectivity index (χ3n) is 4.45. The molecule has 0 radical (unpaired) electrons. The average molecular weight is 294 g/mol. The highest BCUT2D eigenvalue weighted by molar-refractivity contribution is 5.99. The lowest BCUT2D eigenvalue weighted by molar-refractivity contribution is -0.00461. The van der Waals surface area contributed by atoms with Crippen molar-refractivity contribution in [3.05, 3.63) is 23.0 Å². The Kier molecular flexibility index (Phi) is 5.19.